The number of anilines is 2. The fraction of sp³-hybridized carbons (Fsp3) is 0.375. The minimum absolute atomic E-state index is 0.0207. The van der Waals surface area contributed by atoms with E-state index in [1.165, 1.54) is 0 Å². The highest BCUT2D eigenvalue weighted by Gasteiger charge is 2.29. The van der Waals surface area contributed by atoms with Gasteiger partial charge in [0.2, 0.25) is 0 Å². The van der Waals surface area contributed by atoms with Crippen molar-refractivity contribution in [2.75, 3.05) is 42.2 Å². The van der Waals surface area contributed by atoms with Crippen LogP contribution >= 0.6 is 22.9 Å². The molecule has 0 radical (unpaired) electrons. The zero-order valence-electron chi connectivity index (χ0n) is 14.3. The first-order chi connectivity index (χ1) is 12.2. The van der Waals surface area contributed by atoms with Gasteiger partial charge in [0.25, 0.3) is 0 Å². The molecule has 0 spiro atoms. The van der Waals surface area contributed by atoms with Crippen LogP contribution in [0.5, 0.6) is 0 Å². The maximum absolute atomic E-state index is 11.8. The summed E-state index contributed by atoms with van der Waals surface area (Å²) < 4.78 is 23.5. The molecule has 7 nitrogen and oxygen atoms in total. The van der Waals surface area contributed by atoms with Crippen LogP contribution in [-0.4, -0.2) is 45.8 Å². The molecule has 1 aliphatic heterocycles. The van der Waals surface area contributed by atoms with Crippen molar-refractivity contribution in [2.24, 2.45) is 0 Å². The molecule has 140 valence electrons. The van der Waals surface area contributed by atoms with E-state index in [2.05, 4.69) is 4.90 Å². The lowest BCUT2D eigenvalue weighted by atomic mass is 10.1. The predicted octanol–water partition coefficient (Wildman–Crippen LogP) is 3.35. The van der Waals surface area contributed by atoms with Gasteiger partial charge in [-0.3, -0.25) is 10.1 Å². The summed E-state index contributed by atoms with van der Waals surface area (Å²) in [5.41, 5.74) is 2.02. The Hall–Kier alpha value is -1.84. The zero-order chi connectivity index (χ0) is 19.1. The fourth-order valence-corrected chi connectivity index (χ4v) is 5.21. The van der Waals surface area contributed by atoms with Crippen molar-refractivity contribution in [3.05, 3.63) is 45.0 Å². The molecule has 1 aliphatic rings. The summed E-state index contributed by atoms with van der Waals surface area (Å²) in [6.45, 7) is 4.49. The van der Waals surface area contributed by atoms with Gasteiger partial charge in [0.05, 0.1) is 4.92 Å². The van der Waals surface area contributed by atoms with Crippen LogP contribution in [0.15, 0.2) is 28.5 Å². The van der Waals surface area contributed by atoms with Crippen molar-refractivity contribution in [3.63, 3.8) is 0 Å². The van der Waals surface area contributed by atoms with Crippen LogP contribution in [0.25, 0.3) is 0 Å². The lowest BCUT2D eigenvalue weighted by Gasteiger charge is -2.37. The third-order valence-electron chi connectivity index (χ3n) is 4.31. The van der Waals surface area contributed by atoms with Crippen molar-refractivity contribution in [1.29, 1.82) is 0 Å². The van der Waals surface area contributed by atoms with Gasteiger partial charge in [0.15, 0.2) is 14.8 Å². The smallest absolute Gasteiger partial charge is 0.305 e. The number of nitro groups is 1. The van der Waals surface area contributed by atoms with E-state index >= 15 is 0 Å². The Kier molecular flexibility index (Phi) is 5.14. The molecule has 2 aromatic rings. The van der Waals surface area contributed by atoms with E-state index in [4.69, 9.17) is 11.6 Å². The second-order valence-electron chi connectivity index (χ2n) is 6.19. The number of rotatable bonds is 4. The molecule has 0 atom stereocenters. The number of halogens is 1. The number of nitrogens with zero attached hydrogens (tertiary/aromatic N) is 3. The van der Waals surface area contributed by atoms with Crippen LogP contribution in [0.3, 0.4) is 0 Å². The van der Waals surface area contributed by atoms with E-state index in [9.17, 15) is 18.5 Å². The second kappa shape index (κ2) is 7.05. The van der Waals surface area contributed by atoms with E-state index in [0.29, 0.717) is 36.2 Å². The highest BCUT2D eigenvalue weighted by atomic mass is 35.5. The summed E-state index contributed by atoms with van der Waals surface area (Å²) in [4.78, 5) is 14.9. The van der Waals surface area contributed by atoms with Gasteiger partial charge < -0.3 is 9.80 Å². The first-order valence-electron chi connectivity index (χ1n) is 7.91. The molecule has 0 saturated carbocycles. The molecule has 3 rings (SSSR count). The molecule has 0 aliphatic carbocycles. The molecule has 1 fully saturated rings. The summed E-state index contributed by atoms with van der Waals surface area (Å²) in [6.07, 6.45) is 1.06. The molecule has 2 heterocycles. The Bertz CT molecular complexity index is 950. The Morgan fingerprint density at radius 1 is 1.15 bits per heavy atom. The Morgan fingerprint density at radius 3 is 2.35 bits per heavy atom. The third-order valence-corrected chi connectivity index (χ3v) is 7.53. The topological polar surface area (TPSA) is 83.8 Å². The SMILES string of the molecule is Cc1ccc(Cl)cc1N1CCN(c2sc(S(C)(=O)=O)cc2[N+](=O)[O-])CC1. The summed E-state index contributed by atoms with van der Waals surface area (Å²) in [6, 6.07) is 6.88. The second-order valence-corrected chi connectivity index (χ2v) is 9.90. The maximum atomic E-state index is 11.8. The van der Waals surface area contributed by atoms with Crippen LogP contribution in [0.1, 0.15) is 5.56 Å². The molecule has 1 saturated heterocycles. The average molecular weight is 416 g/mol. The molecule has 0 unspecified atom stereocenters. The Labute approximate surface area is 160 Å². The van der Waals surface area contributed by atoms with Crippen molar-refractivity contribution < 1.29 is 13.3 Å². The molecule has 26 heavy (non-hydrogen) atoms. The molecular formula is C16H18ClN3O4S2. The monoisotopic (exact) mass is 415 g/mol. The maximum Gasteiger partial charge on any atom is 0.305 e. The molecule has 0 amide bonds. The van der Waals surface area contributed by atoms with Gasteiger partial charge in [0, 0.05) is 49.2 Å². The van der Waals surface area contributed by atoms with Gasteiger partial charge in [-0.15, -0.1) is 0 Å². The van der Waals surface area contributed by atoms with E-state index < -0.39 is 14.8 Å². The zero-order valence-corrected chi connectivity index (χ0v) is 16.7. The van der Waals surface area contributed by atoms with Crippen LogP contribution in [0, 0.1) is 17.0 Å². The first-order valence-corrected chi connectivity index (χ1v) is 11.0. The highest BCUT2D eigenvalue weighted by molar-refractivity contribution is 7.92. The van der Waals surface area contributed by atoms with Gasteiger partial charge in [-0.1, -0.05) is 29.0 Å². The Balaban J connectivity index is 1.83. The molecule has 0 bridgehead atoms. The van der Waals surface area contributed by atoms with Crippen LogP contribution < -0.4 is 9.80 Å². The minimum atomic E-state index is -3.48. The number of hydrogen-bond donors (Lipinski definition) is 0. The summed E-state index contributed by atoms with van der Waals surface area (Å²) in [5, 5.41) is 12.4. The number of aryl methyl sites for hydroxylation is 1. The number of piperazine rings is 1. The van der Waals surface area contributed by atoms with Gasteiger partial charge in [0.1, 0.15) is 4.21 Å². The quantitative estimate of drug-likeness (QED) is 0.562. The number of sulfone groups is 1. The van der Waals surface area contributed by atoms with Crippen molar-refractivity contribution in [1.82, 2.24) is 0 Å². The fourth-order valence-electron chi connectivity index (χ4n) is 2.96. The predicted molar refractivity (Wildman–Crippen MR) is 105 cm³/mol. The molecule has 1 aromatic carbocycles. The third kappa shape index (κ3) is 3.79. The molecule has 0 N–H and O–H groups in total. The lowest BCUT2D eigenvalue weighted by Crippen LogP contribution is -2.46. The van der Waals surface area contributed by atoms with Crippen molar-refractivity contribution >= 4 is 49.2 Å². The van der Waals surface area contributed by atoms with Crippen LogP contribution in [0.2, 0.25) is 5.02 Å². The average Bonchev–Trinajstić information content (AvgIpc) is 3.03. The minimum Gasteiger partial charge on any atom is -0.368 e. The lowest BCUT2D eigenvalue weighted by molar-refractivity contribution is -0.383. The van der Waals surface area contributed by atoms with Gasteiger partial charge in [-0.05, 0) is 24.6 Å². The van der Waals surface area contributed by atoms with E-state index in [-0.39, 0.29) is 9.90 Å². The number of benzene rings is 1. The normalized spacial score (nSPS) is 15.3. The van der Waals surface area contributed by atoms with Gasteiger partial charge in [-0.25, -0.2) is 8.42 Å². The van der Waals surface area contributed by atoms with Crippen molar-refractivity contribution in [2.45, 2.75) is 11.1 Å². The Morgan fingerprint density at radius 2 is 1.77 bits per heavy atom. The van der Waals surface area contributed by atoms with Crippen molar-refractivity contribution in [3.8, 4) is 0 Å². The molecule has 10 heteroatoms. The summed E-state index contributed by atoms with van der Waals surface area (Å²) >= 11 is 7.06. The largest absolute Gasteiger partial charge is 0.368 e. The van der Waals surface area contributed by atoms with Crippen LogP contribution in [0.4, 0.5) is 16.4 Å². The number of thiophene rings is 1. The van der Waals surface area contributed by atoms with E-state index in [1.807, 2.05) is 30.0 Å². The molecule has 1 aromatic heterocycles. The van der Waals surface area contributed by atoms with Gasteiger partial charge in [-0.2, -0.15) is 0 Å². The summed E-state index contributed by atoms with van der Waals surface area (Å²) in [5.74, 6) is 0. The first kappa shape index (κ1) is 18.9. The van der Waals surface area contributed by atoms with E-state index in [0.717, 1.165) is 34.9 Å². The standard InChI is InChI=1S/C16H18ClN3O4S2/c1-11-3-4-12(17)9-13(11)18-5-7-19(8-6-18)16-14(20(21)22)10-15(25-16)26(2,23)24/h3-4,9-10H,5-8H2,1-2H3. The molecular weight excluding hydrogens is 398 g/mol. The van der Waals surface area contributed by atoms with E-state index in [1.54, 1.807) is 0 Å². The highest BCUT2D eigenvalue weighted by Crippen LogP contribution is 2.40. The van der Waals surface area contributed by atoms with Crippen LogP contribution in [-0.2, 0) is 9.84 Å². The number of hydrogen-bond acceptors (Lipinski definition) is 7. The van der Waals surface area contributed by atoms with Gasteiger partial charge >= 0.3 is 5.69 Å². The summed E-state index contributed by atoms with van der Waals surface area (Å²) in [7, 11) is -3.48.